The van der Waals surface area contributed by atoms with Crippen LogP contribution in [0.15, 0.2) is 0 Å². The molecule has 0 N–H and O–H groups in total. The summed E-state index contributed by atoms with van der Waals surface area (Å²) >= 11 is 0. The second kappa shape index (κ2) is 3.25. The van der Waals surface area contributed by atoms with Gasteiger partial charge in [0.15, 0.2) is 0 Å². The van der Waals surface area contributed by atoms with E-state index in [2.05, 4.69) is 25.7 Å². The van der Waals surface area contributed by atoms with E-state index in [1.54, 1.807) is 0 Å². The van der Waals surface area contributed by atoms with Crippen LogP contribution in [-0.4, -0.2) is 21.5 Å². The first-order valence-electron chi connectivity index (χ1n) is 7.35. The fraction of sp³-hybridized carbons (Fsp3) is 1.00. The highest BCUT2D eigenvalue weighted by molar-refractivity contribution is 5.23. The first-order valence-corrected chi connectivity index (χ1v) is 7.35. The van der Waals surface area contributed by atoms with Gasteiger partial charge in [0.25, 0.3) is 0 Å². The van der Waals surface area contributed by atoms with Gasteiger partial charge >= 0.3 is 0 Å². The Morgan fingerprint density at radius 2 is 1.75 bits per heavy atom. The largest absolute Gasteiger partial charge is 0.287 e. The molecule has 3 unspecified atom stereocenters. The van der Waals surface area contributed by atoms with Gasteiger partial charge in [-0.1, -0.05) is 19.8 Å². The Morgan fingerprint density at radius 1 is 1.00 bits per heavy atom. The van der Waals surface area contributed by atoms with Crippen molar-refractivity contribution < 1.29 is 0 Å². The van der Waals surface area contributed by atoms with Crippen LogP contribution in [0.2, 0.25) is 0 Å². The van der Waals surface area contributed by atoms with E-state index in [4.69, 9.17) is 0 Å². The molecule has 0 bridgehead atoms. The van der Waals surface area contributed by atoms with Gasteiger partial charge in [-0.25, -0.2) is 0 Å². The van der Waals surface area contributed by atoms with Crippen molar-refractivity contribution in [2.24, 2.45) is 0 Å². The molecule has 0 spiro atoms. The number of rotatable bonds is 3. The van der Waals surface area contributed by atoms with Crippen LogP contribution in [0.3, 0.4) is 0 Å². The van der Waals surface area contributed by atoms with Gasteiger partial charge in [0.05, 0.1) is 0 Å². The Labute approximate surface area is 101 Å². The quantitative estimate of drug-likeness (QED) is 0.693. The topological polar surface area (TPSA) is 3.24 Å². The molecule has 3 aliphatic rings. The molecule has 3 rings (SSSR count). The Kier molecular flexibility index (Phi) is 2.25. The van der Waals surface area contributed by atoms with Crippen molar-refractivity contribution in [3.63, 3.8) is 0 Å². The van der Waals surface area contributed by atoms with Crippen LogP contribution in [0.25, 0.3) is 0 Å². The molecule has 3 aliphatic heterocycles. The normalized spacial score (nSPS) is 51.2. The highest BCUT2D eigenvalue weighted by Gasteiger charge is 2.67. The lowest BCUT2D eigenvalue weighted by atomic mass is 9.64. The van der Waals surface area contributed by atoms with E-state index in [0.717, 1.165) is 0 Å². The van der Waals surface area contributed by atoms with Crippen molar-refractivity contribution in [1.82, 2.24) is 4.90 Å². The zero-order valence-corrected chi connectivity index (χ0v) is 11.3. The summed E-state index contributed by atoms with van der Waals surface area (Å²) in [5.41, 5.74) is 1.79. The Bertz CT molecular complexity index is 300. The minimum absolute atomic E-state index is 0.581. The van der Waals surface area contributed by atoms with Gasteiger partial charge in [-0.05, 0) is 58.8 Å². The molecule has 0 aromatic heterocycles. The minimum atomic E-state index is 0.581. The average Bonchev–Trinajstić information content (AvgIpc) is 2.48. The number of unbranched alkanes of at least 4 members (excludes halogenated alkanes) is 1. The molecule has 0 aromatic carbocycles. The van der Waals surface area contributed by atoms with Gasteiger partial charge in [-0.2, -0.15) is 0 Å². The van der Waals surface area contributed by atoms with Gasteiger partial charge in [0.2, 0.25) is 0 Å². The highest BCUT2D eigenvalue weighted by atomic mass is 15.4. The third kappa shape index (κ3) is 1.21. The van der Waals surface area contributed by atoms with Crippen LogP contribution in [-0.2, 0) is 0 Å². The van der Waals surface area contributed by atoms with Crippen LogP contribution in [0.1, 0.15) is 78.6 Å². The van der Waals surface area contributed by atoms with E-state index in [1.807, 2.05) is 0 Å². The van der Waals surface area contributed by atoms with Gasteiger partial charge in [0, 0.05) is 16.6 Å². The van der Waals surface area contributed by atoms with Crippen molar-refractivity contribution in [2.45, 2.75) is 95.2 Å². The summed E-state index contributed by atoms with van der Waals surface area (Å²) in [6, 6.07) is 0. The van der Waals surface area contributed by atoms with Crippen molar-refractivity contribution in [3.8, 4) is 0 Å². The minimum Gasteiger partial charge on any atom is -0.287 e. The second-order valence-corrected chi connectivity index (χ2v) is 7.19. The van der Waals surface area contributed by atoms with E-state index >= 15 is 0 Å². The standard InChI is InChI=1S/C15H27N/c1-4-5-8-15-9-6-7-13(2)12-14(3,10-11-15)16(13)15/h4-12H2,1-3H3. The molecule has 3 atom stereocenters. The predicted octanol–water partition coefficient (Wildman–Crippen LogP) is 4.12. The molecule has 0 aliphatic carbocycles. The maximum absolute atomic E-state index is 2.98. The number of hydrogen-bond acceptors (Lipinski definition) is 1. The molecule has 16 heavy (non-hydrogen) atoms. The first kappa shape index (κ1) is 11.1. The third-order valence-corrected chi connectivity index (χ3v) is 5.80. The molecule has 0 aromatic rings. The van der Waals surface area contributed by atoms with Crippen molar-refractivity contribution in [2.75, 3.05) is 0 Å². The molecular weight excluding hydrogens is 194 g/mol. The van der Waals surface area contributed by atoms with Gasteiger partial charge in [-0.3, -0.25) is 4.90 Å². The lowest BCUT2D eigenvalue weighted by Gasteiger charge is -2.68. The van der Waals surface area contributed by atoms with Gasteiger partial charge < -0.3 is 0 Å². The summed E-state index contributed by atoms with van der Waals surface area (Å²) in [6.07, 6.45) is 13.1. The third-order valence-electron chi connectivity index (χ3n) is 5.80. The van der Waals surface area contributed by atoms with Crippen molar-refractivity contribution >= 4 is 0 Å². The summed E-state index contributed by atoms with van der Waals surface area (Å²) in [7, 11) is 0. The van der Waals surface area contributed by atoms with Crippen molar-refractivity contribution in [1.29, 1.82) is 0 Å². The molecule has 3 saturated heterocycles. The van der Waals surface area contributed by atoms with Crippen LogP contribution < -0.4 is 0 Å². The molecule has 0 amide bonds. The predicted molar refractivity (Wildman–Crippen MR) is 68.6 cm³/mol. The SMILES string of the molecule is CCCCC12CCCC3(C)CC(C)(CC1)N32. The van der Waals surface area contributed by atoms with E-state index in [9.17, 15) is 0 Å². The lowest BCUT2D eigenvalue weighted by molar-refractivity contribution is -0.182. The molecule has 0 radical (unpaired) electrons. The Hall–Kier alpha value is -0.0400. The van der Waals surface area contributed by atoms with Crippen LogP contribution in [0, 0.1) is 0 Å². The number of piperidine rings is 1. The molecule has 92 valence electrons. The second-order valence-electron chi connectivity index (χ2n) is 7.19. The summed E-state index contributed by atoms with van der Waals surface area (Å²) in [4.78, 5) is 2.98. The number of nitrogens with zero attached hydrogens (tertiary/aromatic N) is 1. The van der Waals surface area contributed by atoms with E-state index in [-0.39, 0.29) is 0 Å². The highest BCUT2D eigenvalue weighted by Crippen LogP contribution is 2.64. The van der Waals surface area contributed by atoms with E-state index < -0.39 is 0 Å². The van der Waals surface area contributed by atoms with Crippen LogP contribution in [0.4, 0.5) is 0 Å². The zero-order valence-electron chi connectivity index (χ0n) is 11.3. The fourth-order valence-electron chi connectivity index (χ4n) is 5.60. The van der Waals surface area contributed by atoms with Crippen LogP contribution >= 0.6 is 0 Å². The molecular formula is C15H27N. The fourth-order valence-corrected chi connectivity index (χ4v) is 5.60. The summed E-state index contributed by atoms with van der Waals surface area (Å²) < 4.78 is 0. The number of hydrogen-bond donors (Lipinski definition) is 0. The maximum Gasteiger partial charge on any atom is 0.0221 e. The lowest BCUT2D eigenvalue weighted by Crippen LogP contribution is -2.75. The summed E-state index contributed by atoms with van der Waals surface area (Å²) in [5.74, 6) is 0. The summed E-state index contributed by atoms with van der Waals surface area (Å²) in [5, 5.41) is 0. The zero-order chi connectivity index (χ0) is 11.4. The monoisotopic (exact) mass is 221 g/mol. The smallest absolute Gasteiger partial charge is 0.0221 e. The molecule has 0 saturated carbocycles. The van der Waals surface area contributed by atoms with Gasteiger partial charge in [-0.15, -0.1) is 0 Å². The molecule has 3 heterocycles. The Balaban J connectivity index is 1.88. The Morgan fingerprint density at radius 3 is 2.50 bits per heavy atom. The summed E-state index contributed by atoms with van der Waals surface area (Å²) in [6.45, 7) is 7.39. The van der Waals surface area contributed by atoms with E-state index in [1.165, 1.54) is 57.8 Å². The molecule has 1 nitrogen and oxygen atoms in total. The maximum atomic E-state index is 2.98. The average molecular weight is 221 g/mol. The van der Waals surface area contributed by atoms with E-state index in [0.29, 0.717) is 16.6 Å². The van der Waals surface area contributed by atoms with Crippen LogP contribution in [0.5, 0.6) is 0 Å². The molecule has 1 heteroatoms. The first-order chi connectivity index (χ1) is 7.55. The molecule has 3 fully saturated rings. The van der Waals surface area contributed by atoms with Gasteiger partial charge in [0.1, 0.15) is 0 Å². The van der Waals surface area contributed by atoms with Crippen molar-refractivity contribution in [3.05, 3.63) is 0 Å².